The summed E-state index contributed by atoms with van der Waals surface area (Å²) in [7, 11) is 1.67. The van der Waals surface area contributed by atoms with Crippen molar-refractivity contribution in [1.29, 1.82) is 0 Å². The van der Waals surface area contributed by atoms with Crippen molar-refractivity contribution in [2.45, 2.75) is 32.7 Å². The maximum Gasteiger partial charge on any atom is 0.229 e. The van der Waals surface area contributed by atoms with Crippen LogP contribution in [0.1, 0.15) is 39.0 Å². The number of Topliss-reactive ketones (excluding diaryl/α,β-unsaturated/α-hetero) is 1. The van der Waals surface area contributed by atoms with E-state index in [9.17, 15) is 4.79 Å². The Hall–Kier alpha value is -3.45. The first-order valence-corrected chi connectivity index (χ1v) is 10.6. The van der Waals surface area contributed by atoms with E-state index in [2.05, 4.69) is 38.1 Å². The van der Waals surface area contributed by atoms with Gasteiger partial charge < -0.3 is 20.7 Å². The summed E-state index contributed by atoms with van der Waals surface area (Å²) in [6, 6.07) is 10.1. The van der Waals surface area contributed by atoms with Crippen molar-refractivity contribution in [3.8, 4) is 5.75 Å². The standard InChI is InChI=1S/C24H25N5O2/c1-14-12-26-24(28-19-10-16-8-9-25-13-17(16)11-21(19)31-2)29-23(14)27-18-5-3-4-15-6-7-20(30)22(15)18/h3-5,10-12,25H,6-9,13H2,1-2H3,(H2,26,27,28,29). The average Bonchev–Trinajstić information content (AvgIpc) is 3.17. The molecule has 1 aromatic heterocycles. The number of hydrogen-bond donors (Lipinski definition) is 3. The molecule has 5 rings (SSSR count). The number of hydrogen-bond acceptors (Lipinski definition) is 7. The van der Waals surface area contributed by atoms with Gasteiger partial charge >= 0.3 is 0 Å². The van der Waals surface area contributed by atoms with E-state index in [-0.39, 0.29) is 5.78 Å². The third kappa shape index (κ3) is 3.72. The summed E-state index contributed by atoms with van der Waals surface area (Å²) in [5.41, 5.74) is 6.96. The predicted octanol–water partition coefficient (Wildman–Crippen LogP) is 4.06. The summed E-state index contributed by atoms with van der Waals surface area (Å²) < 4.78 is 5.60. The van der Waals surface area contributed by atoms with Crippen molar-refractivity contribution in [3.05, 3.63) is 64.3 Å². The number of ketones is 1. The minimum absolute atomic E-state index is 0.177. The van der Waals surface area contributed by atoms with Crippen LogP contribution in [0.3, 0.4) is 0 Å². The van der Waals surface area contributed by atoms with Crippen molar-refractivity contribution in [2.24, 2.45) is 0 Å². The van der Waals surface area contributed by atoms with E-state index in [0.29, 0.717) is 18.2 Å². The smallest absolute Gasteiger partial charge is 0.229 e. The molecule has 31 heavy (non-hydrogen) atoms. The van der Waals surface area contributed by atoms with Crippen molar-refractivity contribution in [1.82, 2.24) is 15.3 Å². The Labute approximate surface area is 181 Å². The van der Waals surface area contributed by atoms with Crippen LogP contribution in [0.2, 0.25) is 0 Å². The lowest BCUT2D eigenvalue weighted by Crippen LogP contribution is -2.23. The van der Waals surface area contributed by atoms with Crippen LogP contribution in [-0.4, -0.2) is 29.4 Å². The quantitative estimate of drug-likeness (QED) is 0.579. The minimum Gasteiger partial charge on any atom is -0.495 e. The lowest BCUT2D eigenvalue weighted by molar-refractivity contribution is 0.0995. The van der Waals surface area contributed by atoms with Gasteiger partial charge in [-0.15, -0.1) is 0 Å². The lowest BCUT2D eigenvalue weighted by Gasteiger charge is -2.20. The molecule has 1 aliphatic carbocycles. The molecule has 2 heterocycles. The van der Waals surface area contributed by atoms with Crippen molar-refractivity contribution < 1.29 is 9.53 Å². The second-order valence-corrected chi connectivity index (χ2v) is 7.99. The molecule has 1 aliphatic heterocycles. The average molecular weight is 415 g/mol. The summed E-state index contributed by atoms with van der Waals surface area (Å²) in [5, 5.41) is 10.1. The first-order valence-electron chi connectivity index (χ1n) is 10.6. The van der Waals surface area contributed by atoms with Gasteiger partial charge in [0.15, 0.2) is 5.78 Å². The van der Waals surface area contributed by atoms with Crippen molar-refractivity contribution >= 4 is 28.9 Å². The molecule has 2 aliphatic rings. The summed E-state index contributed by atoms with van der Waals surface area (Å²) in [5.74, 6) is 2.08. The molecule has 0 spiro atoms. The number of fused-ring (bicyclic) bond motifs is 2. The first-order chi connectivity index (χ1) is 15.1. The number of aromatic nitrogens is 2. The third-order valence-corrected chi connectivity index (χ3v) is 5.93. The van der Waals surface area contributed by atoms with Crippen LogP contribution in [0.5, 0.6) is 5.75 Å². The minimum atomic E-state index is 0.177. The molecule has 0 amide bonds. The monoisotopic (exact) mass is 415 g/mol. The molecule has 0 saturated carbocycles. The molecule has 0 radical (unpaired) electrons. The van der Waals surface area contributed by atoms with Gasteiger partial charge in [-0.3, -0.25) is 4.79 Å². The van der Waals surface area contributed by atoms with Crippen LogP contribution >= 0.6 is 0 Å². The fraction of sp³-hybridized carbons (Fsp3) is 0.292. The highest BCUT2D eigenvalue weighted by Crippen LogP contribution is 2.33. The van der Waals surface area contributed by atoms with E-state index >= 15 is 0 Å². The Morgan fingerprint density at radius 2 is 1.94 bits per heavy atom. The van der Waals surface area contributed by atoms with Crippen LogP contribution in [0.4, 0.5) is 23.1 Å². The lowest BCUT2D eigenvalue weighted by atomic mass is 10.00. The number of nitrogens with one attached hydrogen (secondary N) is 3. The summed E-state index contributed by atoms with van der Waals surface area (Å²) in [6.07, 6.45) is 4.12. The molecule has 3 aromatic rings. The highest BCUT2D eigenvalue weighted by Gasteiger charge is 2.23. The fourth-order valence-electron chi connectivity index (χ4n) is 4.27. The largest absolute Gasteiger partial charge is 0.495 e. The van der Waals surface area contributed by atoms with E-state index in [0.717, 1.165) is 59.7 Å². The zero-order valence-corrected chi connectivity index (χ0v) is 17.7. The number of benzene rings is 2. The molecule has 158 valence electrons. The number of aryl methyl sites for hydroxylation is 2. The molecule has 0 saturated heterocycles. The van der Waals surface area contributed by atoms with E-state index in [1.54, 1.807) is 13.3 Å². The predicted molar refractivity (Wildman–Crippen MR) is 121 cm³/mol. The van der Waals surface area contributed by atoms with Crippen LogP contribution < -0.4 is 20.7 Å². The first kappa shape index (κ1) is 19.5. The summed E-state index contributed by atoms with van der Waals surface area (Å²) in [6.45, 7) is 3.76. The zero-order valence-electron chi connectivity index (χ0n) is 17.7. The number of rotatable bonds is 5. The molecule has 2 aromatic carbocycles. The highest BCUT2D eigenvalue weighted by molar-refractivity contribution is 6.05. The van der Waals surface area contributed by atoms with Gasteiger partial charge in [0.2, 0.25) is 5.95 Å². The Balaban J connectivity index is 1.45. The Bertz CT molecular complexity index is 1170. The SMILES string of the molecule is COc1cc2c(cc1Nc1ncc(C)c(Nc3cccc4c3C(=O)CC4)n1)CCNC2. The van der Waals surface area contributed by atoms with Gasteiger partial charge in [0.25, 0.3) is 0 Å². The van der Waals surface area contributed by atoms with Crippen LogP contribution in [0.15, 0.2) is 36.5 Å². The molecular formula is C24H25N5O2. The van der Waals surface area contributed by atoms with Crippen LogP contribution in [-0.2, 0) is 19.4 Å². The molecule has 7 heteroatoms. The van der Waals surface area contributed by atoms with Gasteiger partial charge in [0.1, 0.15) is 11.6 Å². The van der Waals surface area contributed by atoms with Gasteiger partial charge in [0, 0.05) is 30.3 Å². The topological polar surface area (TPSA) is 88.2 Å². The van der Waals surface area contributed by atoms with Gasteiger partial charge in [-0.25, -0.2) is 4.98 Å². The Kier molecular flexibility index (Phi) is 5.03. The van der Waals surface area contributed by atoms with Gasteiger partial charge in [-0.2, -0.15) is 4.98 Å². The Morgan fingerprint density at radius 1 is 1.03 bits per heavy atom. The van der Waals surface area contributed by atoms with E-state index in [4.69, 9.17) is 4.74 Å². The molecule has 0 atom stereocenters. The second-order valence-electron chi connectivity index (χ2n) is 7.99. The van der Waals surface area contributed by atoms with Crippen molar-refractivity contribution in [2.75, 3.05) is 24.3 Å². The molecule has 0 fully saturated rings. The highest BCUT2D eigenvalue weighted by atomic mass is 16.5. The number of methoxy groups -OCH3 is 1. The number of anilines is 4. The van der Waals surface area contributed by atoms with Gasteiger partial charge in [-0.05, 0) is 61.2 Å². The maximum atomic E-state index is 12.4. The molecule has 7 nitrogen and oxygen atoms in total. The normalized spacial score (nSPS) is 14.7. The number of ether oxygens (including phenoxy) is 1. The van der Waals surface area contributed by atoms with Gasteiger partial charge in [0.05, 0.1) is 18.5 Å². The molecule has 0 bridgehead atoms. The fourth-order valence-corrected chi connectivity index (χ4v) is 4.27. The maximum absolute atomic E-state index is 12.4. The van der Waals surface area contributed by atoms with Crippen molar-refractivity contribution in [3.63, 3.8) is 0 Å². The van der Waals surface area contributed by atoms with E-state index in [1.807, 2.05) is 25.1 Å². The number of carbonyl (C=O) groups excluding carboxylic acids is 1. The summed E-state index contributed by atoms with van der Waals surface area (Å²) >= 11 is 0. The molecular weight excluding hydrogens is 390 g/mol. The van der Waals surface area contributed by atoms with Crippen LogP contribution in [0.25, 0.3) is 0 Å². The Morgan fingerprint density at radius 3 is 2.81 bits per heavy atom. The van der Waals surface area contributed by atoms with Crippen LogP contribution in [0, 0.1) is 6.92 Å². The second kappa shape index (κ2) is 8.00. The zero-order chi connectivity index (χ0) is 21.4. The molecule has 3 N–H and O–H groups in total. The van der Waals surface area contributed by atoms with E-state index < -0.39 is 0 Å². The summed E-state index contributed by atoms with van der Waals surface area (Å²) in [4.78, 5) is 21.5. The third-order valence-electron chi connectivity index (χ3n) is 5.93. The molecule has 0 unspecified atom stereocenters. The number of nitrogens with zero attached hydrogens (tertiary/aromatic N) is 2. The number of carbonyl (C=O) groups is 1. The van der Waals surface area contributed by atoms with Gasteiger partial charge in [-0.1, -0.05) is 12.1 Å². The van der Waals surface area contributed by atoms with E-state index in [1.165, 1.54) is 11.1 Å².